The maximum atomic E-state index is 12.8. The van der Waals surface area contributed by atoms with Gasteiger partial charge < -0.3 is 0 Å². The lowest BCUT2D eigenvalue weighted by molar-refractivity contribution is 0.441. The summed E-state index contributed by atoms with van der Waals surface area (Å²) in [6.07, 6.45) is 4.00. The lowest BCUT2D eigenvalue weighted by Crippen LogP contribution is -1.98. The molecular weight excluding hydrogens is 127 g/mol. The summed E-state index contributed by atoms with van der Waals surface area (Å²) in [5.41, 5.74) is 0.845. The number of rotatable bonds is 4. The molecule has 0 nitrogen and oxygen atoms in total. The van der Waals surface area contributed by atoms with Gasteiger partial charge in [-0.2, -0.15) is 0 Å². The molecule has 1 atom stereocenters. The predicted molar refractivity (Wildman–Crippen MR) is 43.8 cm³/mol. The summed E-state index contributed by atoms with van der Waals surface area (Å²) in [5.74, 6) is 0. The zero-order valence-corrected chi connectivity index (χ0v) is 6.73. The second kappa shape index (κ2) is 5.21. The van der Waals surface area contributed by atoms with Crippen LogP contribution in [0.25, 0.3) is 0 Å². The van der Waals surface area contributed by atoms with E-state index in [0.717, 1.165) is 18.4 Å². The Bertz CT molecular complexity index is 125. The molecule has 1 unspecified atom stereocenters. The van der Waals surface area contributed by atoms with Gasteiger partial charge in [-0.3, -0.25) is 0 Å². The highest BCUT2D eigenvalue weighted by Crippen LogP contribution is 2.12. The first-order valence-corrected chi connectivity index (χ1v) is 3.71. The maximum absolute atomic E-state index is 12.8. The average molecular weight is 142 g/mol. The Labute approximate surface area is 62.4 Å². The van der Waals surface area contributed by atoms with Gasteiger partial charge in [0.1, 0.15) is 6.17 Å². The Hall–Kier alpha value is -0.590. The largest absolute Gasteiger partial charge is 0.238 e. The summed E-state index contributed by atoms with van der Waals surface area (Å²) < 4.78 is 12.8. The number of halogens is 1. The van der Waals surface area contributed by atoms with Crippen molar-refractivity contribution >= 4 is 0 Å². The van der Waals surface area contributed by atoms with Gasteiger partial charge >= 0.3 is 0 Å². The van der Waals surface area contributed by atoms with Crippen LogP contribution in [0.4, 0.5) is 4.39 Å². The fraction of sp³-hybridized carbons (Fsp3) is 0.556. The maximum Gasteiger partial charge on any atom is 0.139 e. The highest BCUT2D eigenvalue weighted by Gasteiger charge is 2.03. The van der Waals surface area contributed by atoms with Gasteiger partial charge in [-0.1, -0.05) is 32.6 Å². The summed E-state index contributed by atoms with van der Waals surface area (Å²) in [5, 5.41) is 0. The van der Waals surface area contributed by atoms with Crippen molar-refractivity contribution in [3.63, 3.8) is 0 Å². The van der Waals surface area contributed by atoms with Crippen molar-refractivity contribution in [1.29, 1.82) is 0 Å². The van der Waals surface area contributed by atoms with Gasteiger partial charge in [0.2, 0.25) is 0 Å². The van der Waals surface area contributed by atoms with Crippen LogP contribution >= 0.6 is 0 Å². The van der Waals surface area contributed by atoms with Crippen molar-refractivity contribution in [1.82, 2.24) is 0 Å². The Morgan fingerprint density at radius 1 is 1.60 bits per heavy atom. The summed E-state index contributed by atoms with van der Waals surface area (Å²) >= 11 is 0. The summed E-state index contributed by atoms with van der Waals surface area (Å²) in [4.78, 5) is 0. The molecule has 0 spiro atoms. The van der Waals surface area contributed by atoms with Gasteiger partial charge in [0, 0.05) is 0 Å². The fourth-order valence-corrected chi connectivity index (χ4v) is 0.865. The van der Waals surface area contributed by atoms with Crippen molar-refractivity contribution in [3.05, 3.63) is 24.3 Å². The molecule has 0 heterocycles. The number of allylic oxidation sites excluding steroid dienone is 3. The molecule has 0 N–H and O–H groups in total. The zero-order valence-electron chi connectivity index (χ0n) is 6.73. The van der Waals surface area contributed by atoms with E-state index in [0.29, 0.717) is 0 Å². The van der Waals surface area contributed by atoms with Crippen molar-refractivity contribution in [2.45, 2.75) is 32.9 Å². The normalized spacial score (nSPS) is 14.9. The molecular formula is C9H15F. The van der Waals surface area contributed by atoms with Gasteiger partial charge in [-0.25, -0.2) is 4.39 Å². The molecule has 0 bridgehead atoms. The topological polar surface area (TPSA) is 0 Å². The molecule has 0 saturated heterocycles. The molecule has 0 aliphatic carbocycles. The van der Waals surface area contributed by atoms with Gasteiger partial charge in [0.15, 0.2) is 0 Å². The Morgan fingerprint density at radius 3 is 2.50 bits per heavy atom. The standard InChI is InChI=1S/C9H15F/c1-4-7-8(5-2)9(10)6-3/h6-7,9H,3-5H2,1-2H3. The molecule has 0 saturated carbocycles. The van der Waals surface area contributed by atoms with E-state index in [4.69, 9.17) is 0 Å². The molecule has 10 heavy (non-hydrogen) atoms. The van der Waals surface area contributed by atoms with Crippen LogP contribution in [0, 0.1) is 0 Å². The van der Waals surface area contributed by atoms with E-state index in [9.17, 15) is 4.39 Å². The highest BCUT2D eigenvalue weighted by molar-refractivity contribution is 5.13. The SMILES string of the molecule is C=CC(F)C(=CCC)CC. The second-order valence-electron chi connectivity index (χ2n) is 2.18. The van der Waals surface area contributed by atoms with E-state index in [2.05, 4.69) is 6.58 Å². The minimum Gasteiger partial charge on any atom is -0.238 e. The van der Waals surface area contributed by atoms with Gasteiger partial charge in [-0.05, 0) is 18.4 Å². The van der Waals surface area contributed by atoms with E-state index in [1.54, 1.807) is 0 Å². The highest BCUT2D eigenvalue weighted by atomic mass is 19.1. The van der Waals surface area contributed by atoms with Crippen molar-refractivity contribution in [2.24, 2.45) is 0 Å². The first kappa shape index (κ1) is 9.41. The minimum absolute atomic E-state index is 0.779. The van der Waals surface area contributed by atoms with E-state index >= 15 is 0 Å². The molecule has 0 aromatic heterocycles. The van der Waals surface area contributed by atoms with Crippen LogP contribution in [-0.2, 0) is 0 Å². The van der Waals surface area contributed by atoms with Crippen molar-refractivity contribution < 1.29 is 4.39 Å². The third-order valence-electron chi connectivity index (χ3n) is 1.44. The smallest absolute Gasteiger partial charge is 0.139 e. The molecule has 0 rings (SSSR count). The van der Waals surface area contributed by atoms with E-state index in [1.165, 1.54) is 6.08 Å². The van der Waals surface area contributed by atoms with Crippen molar-refractivity contribution in [3.8, 4) is 0 Å². The van der Waals surface area contributed by atoms with Crippen LogP contribution in [0.1, 0.15) is 26.7 Å². The minimum atomic E-state index is -0.940. The number of hydrogen-bond donors (Lipinski definition) is 0. The summed E-state index contributed by atoms with van der Waals surface area (Å²) in [6, 6.07) is 0. The second-order valence-corrected chi connectivity index (χ2v) is 2.18. The monoisotopic (exact) mass is 142 g/mol. The van der Waals surface area contributed by atoms with Crippen LogP contribution in [0.3, 0.4) is 0 Å². The Morgan fingerprint density at radius 2 is 2.20 bits per heavy atom. The van der Waals surface area contributed by atoms with Crippen LogP contribution in [0.5, 0.6) is 0 Å². The zero-order chi connectivity index (χ0) is 7.98. The number of alkyl halides is 1. The Kier molecular flexibility index (Phi) is 4.91. The molecule has 0 aromatic carbocycles. The average Bonchev–Trinajstić information content (AvgIpc) is 1.99. The quantitative estimate of drug-likeness (QED) is 0.528. The van der Waals surface area contributed by atoms with Gasteiger partial charge in [0.25, 0.3) is 0 Å². The third-order valence-corrected chi connectivity index (χ3v) is 1.44. The van der Waals surface area contributed by atoms with E-state index < -0.39 is 6.17 Å². The fourth-order valence-electron chi connectivity index (χ4n) is 0.865. The molecule has 0 aliphatic rings. The third kappa shape index (κ3) is 2.81. The predicted octanol–water partition coefficient (Wildman–Crippen LogP) is 3.26. The van der Waals surface area contributed by atoms with Crippen LogP contribution in [-0.4, -0.2) is 6.17 Å². The van der Waals surface area contributed by atoms with Crippen LogP contribution < -0.4 is 0 Å². The number of hydrogen-bond acceptors (Lipinski definition) is 0. The molecule has 0 fully saturated rings. The molecule has 0 amide bonds. The molecule has 0 aliphatic heterocycles. The van der Waals surface area contributed by atoms with E-state index in [-0.39, 0.29) is 0 Å². The lowest BCUT2D eigenvalue weighted by Gasteiger charge is -2.04. The first-order valence-electron chi connectivity index (χ1n) is 3.71. The first-order chi connectivity index (χ1) is 4.76. The summed E-state index contributed by atoms with van der Waals surface area (Å²) in [7, 11) is 0. The van der Waals surface area contributed by atoms with Crippen LogP contribution in [0.2, 0.25) is 0 Å². The van der Waals surface area contributed by atoms with Gasteiger partial charge in [0.05, 0.1) is 0 Å². The molecule has 0 radical (unpaired) electrons. The molecule has 0 aromatic rings. The lowest BCUT2D eigenvalue weighted by atomic mass is 10.1. The van der Waals surface area contributed by atoms with E-state index in [1.807, 2.05) is 19.9 Å². The molecule has 1 heteroatoms. The van der Waals surface area contributed by atoms with Gasteiger partial charge in [-0.15, -0.1) is 0 Å². The Balaban J connectivity index is 4.04. The molecule has 58 valence electrons. The van der Waals surface area contributed by atoms with Crippen LogP contribution in [0.15, 0.2) is 24.3 Å². The summed E-state index contributed by atoms with van der Waals surface area (Å²) in [6.45, 7) is 7.36. The van der Waals surface area contributed by atoms with Crippen molar-refractivity contribution in [2.75, 3.05) is 0 Å².